The Labute approximate surface area is 111 Å². The number of piperidine rings is 1. The average molecular weight is 247 g/mol. The van der Waals surface area contributed by atoms with Crippen molar-refractivity contribution in [2.24, 2.45) is 11.7 Å². The first kappa shape index (κ1) is 13.2. The number of nitrogens with zero attached hydrogens (tertiary/aromatic N) is 2. The van der Waals surface area contributed by atoms with Crippen LogP contribution in [0.3, 0.4) is 0 Å². The molecule has 2 N–H and O–H groups in total. The highest BCUT2D eigenvalue weighted by molar-refractivity contribution is 5.59. The molecule has 1 aliphatic heterocycles. The van der Waals surface area contributed by atoms with E-state index < -0.39 is 0 Å². The summed E-state index contributed by atoms with van der Waals surface area (Å²) in [5, 5.41) is 0. The summed E-state index contributed by atoms with van der Waals surface area (Å²) in [6.45, 7) is 5.60. The van der Waals surface area contributed by atoms with Crippen LogP contribution in [-0.4, -0.2) is 32.7 Å². The minimum absolute atomic E-state index is 0.341. The van der Waals surface area contributed by atoms with Crippen LogP contribution < -0.4 is 15.5 Å². The van der Waals surface area contributed by atoms with E-state index in [1.165, 1.54) is 11.4 Å². The third-order valence-corrected chi connectivity index (χ3v) is 4.31. The maximum Gasteiger partial charge on any atom is 0.0389 e. The molecule has 0 amide bonds. The van der Waals surface area contributed by atoms with Gasteiger partial charge in [-0.2, -0.15) is 0 Å². The summed E-state index contributed by atoms with van der Waals surface area (Å²) in [4.78, 5) is 4.63. The zero-order chi connectivity index (χ0) is 13.3. The summed E-state index contributed by atoms with van der Waals surface area (Å²) in [6.07, 6.45) is 1.08. The van der Waals surface area contributed by atoms with E-state index in [4.69, 9.17) is 5.73 Å². The number of nitrogens with two attached hydrogens (primary N) is 1. The van der Waals surface area contributed by atoms with Crippen molar-refractivity contribution >= 4 is 11.4 Å². The SMILES string of the molecule is CC1C(N)CCN(c2cccc(N(C)C)c2)C1C. The van der Waals surface area contributed by atoms with Gasteiger partial charge in [0.25, 0.3) is 0 Å². The molecule has 1 aromatic rings. The van der Waals surface area contributed by atoms with Gasteiger partial charge >= 0.3 is 0 Å². The van der Waals surface area contributed by atoms with Crippen molar-refractivity contribution < 1.29 is 0 Å². The van der Waals surface area contributed by atoms with Crippen molar-refractivity contribution in [3.8, 4) is 0 Å². The standard InChI is InChI=1S/C15H25N3/c1-11-12(2)18(9-8-15(11)16)14-7-5-6-13(10-14)17(3)4/h5-7,10-12,15H,8-9,16H2,1-4H3. The van der Waals surface area contributed by atoms with E-state index >= 15 is 0 Å². The molecule has 1 aliphatic rings. The van der Waals surface area contributed by atoms with Crippen molar-refractivity contribution in [3.63, 3.8) is 0 Å². The predicted octanol–water partition coefficient (Wildman–Crippen LogP) is 2.31. The van der Waals surface area contributed by atoms with Gasteiger partial charge in [-0.05, 0) is 37.5 Å². The Morgan fingerprint density at radius 1 is 1.28 bits per heavy atom. The van der Waals surface area contributed by atoms with E-state index in [9.17, 15) is 0 Å². The van der Waals surface area contributed by atoms with Crippen LogP contribution in [0.4, 0.5) is 11.4 Å². The zero-order valence-corrected chi connectivity index (χ0v) is 11.9. The lowest BCUT2D eigenvalue weighted by Gasteiger charge is -2.43. The summed E-state index contributed by atoms with van der Waals surface area (Å²) in [7, 11) is 4.16. The summed E-state index contributed by atoms with van der Waals surface area (Å²) in [5.41, 5.74) is 8.72. The second-order valence-corrected chi connectivity index (χ2v) is 5.66. The van der Waals surface area contributed by atoms with Crippen LogP contribution in [0.5, 0.6) is 0 Å². The summed E-state index contributed by atoms with van der Waals surface area (Å²) in [6, 6.07) is 9.59. The van der Waals surface area contributed by atoms with Crippen molar-refractivity contribution in [1.82, 2.24) is 0 Å². The van der Waals surface area contributed by atoms with Gasteiger partial charge in [-0.1, -0.05) is 13.0 Å². The number of benzene rings is 1. The molecule has 1 saturated heterocycles. The second kappa shape index (κ2) is 5.19. The summed E-state index contributed by atoms with van der Waals surface area (Å²) < 4.78 is 0. The van der Waals surface area contributed by atoms with Crippen molar-refractivity contribution in [3.05, 3.63) is 24.3 Å². The van der Waals surface area contributed by atoms with Crippen LogP contribution in [0.15, 0.2) is 24.3 Å². The minimum Gasteiger partial charge on any atom is -0.378 e. The third kappa shape index (κ3) is 2.46. The summed E-state index contributed by atoms with van der Waals surface area (Å²) in [5.74, 6) is 0.543. The molecule has 0 saturated carbocycles. The molecule has 3 heteroatoms. The van der Waals surface area contributed by atoms with E-state index in [2.05, 4.69) is 62.0 Å². The number of hydrogen-bond donors (Lipinski definition) is 1. The fourth-order valence-electron chi connectivity index (χ4n) is 2.71. The van der Waals surface area contributed by atoms with E-state index in [-0.39, 0.29) is 0 Å². The first-order chi connectivity index (χ1) is 8.50. The van der Waals surface area contributed by atoms with Gasteiger partial charge in [0.15, 0.2) is 0 Å². The molecule has 3 nitrogen and oxygen atoms in total. The molecule has 2 rings (SSSR count). The maximum atomic E-state index is 6.15. The molecule has 0 radical (unpaired) electrons. The molecule has 3 unspecified atom stereocenters. The molecule has 3 atom stereocenters. The quantitative estimate of drug-likeness (QED) is 0.870. The molecule has 1 aromatic carbocycles. The molecule has 1 fully saturated rings. The van der Waals surface area contributed by atoms with E-state index in [1.807, 2.05) is 0 Å². The van der Waals surface area contributed by atoms with Crippen molar-refractivity contribution in [2.75, 3.05) is 30.4 Å². The lowest BCUT2D eigenvalue weighted by Crippen LogP contribution is -2.51. The van der Waals surface area contributed by atoms with Crippen LogP contribution in [0, 0.1) is 5.92 Å². The number of hydrogen-bond acceptors (Lipinski definition) is 3. The fourth-order valence-corrected chi connectivity index (χ4v) is 2.71. The van der Waals surface area contributed by atoms with E-state index in [0.717, 1.165) is 13.0 Å². The Morgan fingerprint density at radius 2 is 2.00 bits per heavy atom. The van der Waals surface area contributed by atoms with Gasteiger partial charge in [0.05, 0.1) is 0 Å². The molecular weight excluding hydrogens is 222 g/mol. The molecule has 1 heterocycles. The molecule has 0 aromatic heterocycles. The van der Waals surface area contributed by atoms with Crippen molar-refractivity contribution in [1.29, 1.82) is 0 Å². The molecule has 0 bridgehead atoms. The first-order valence-corrected chi connectivity index (χ1v) is 6.80. The number of anilines is 2. The molecule has 100 valence electrons. The van der Waals surface area contributed by atoms with Gasteiger partial charge in [0.2, 0.25) is 0 Å². The largest absolute Gasteiger partial charge is 0.378 e. The molecule has 18 heavy (non-hydrogen) atoms. The highest BCUT2D eigenvalue weighted by atomic mass is 15.2. The smallest absolute Gasteiger partial charge is 0.0389 e. The second-order valence-electron chi connectivity index (χ2n) is 5.66. The van der Waals surface area contributed by atoms with E-state index in [0.29, 0.717) is 18.0 Å². The van der Waals surface area contributed by atoms with Gasteiger partial charge in [0, 0.05) is 44.1 Å². The maximum absolute atomic E-state index is 6.15. The lowest BCUT2D eigenvalue weighted by atomic mass is 9.87. The fraction of sp³-hybridized carbons (Fsp3) is 0.600. The van der Waals surface area contributed by atoms with Crippen molar-refractivity contribution in [2.45, 2.75) is 32.4 Å². The first-order valence-electron chi connectivity index (χ1n) is 6.80. The third-order valence-electron chi connectivity index (χ3n) is 4.31. The Balaban J connectivity index is 2.23. The Kier molecular flexibility index (Phi) is 3.81. The van der Waals surface area contributed by atoms with Crippen LogP contribution in [0.2, 0.25) is 0 Å². The Hall–Kier alpha value is -1.22. The monoisotopic (exact) mass is 247 g/mol. The normalized spacial score (nSPS) is 28.3. The highest BCUT2D eigenvalue weighted by Gasteiger charge is 2.30. The van der Waals surface area contributed by atoms with E-state index in [1.54, 1.807) is 0 Å². The van der Waals surface area contributed by atoms with Crippen LogP contribution >= 0.6 is 0 Å². The van der Waals surface area contributed by atoms with Crippen LogP contribution in [-0.2, 0) is 0 Å². The Morgan fingerprint density at radius 3 is 2.67 bits per heavy atom. The lowest BCUT2D eigenvalue weighted by molar-refractivity contribution is 0.315. The highest BCUT2D eigenvalue weighted by Crippen LogP contribution is 2.29. The van der Waals surface area contributed by atoms with Gasteiger partial charge in [-0.15, -0.1) is 0 Å². The average Bonchev–Trinajstić information content (AvgIpc) is 2.36. The van der Waals surface area contributed by atoms with Crippen LogP contribution in [0.25, 0.3) is 0 Å². The van der Waals surface area contributed by atoms with Gasteiger partial charge in [0.1, 0.15) is 0 Å². The van der Waals surface area contributed by atoms with Gasteiger partial charge in [-0.25, -0.2) is 0 Å². The summed E-state index contributed by atoms with van der Waals surface area (Å²) >= 11 is 0. The predicted molar refractivity (Wildman–Crippen MR) is 79.3 cm³/mol. The molecular formula is C15H25N3. The minimum atomic E-state index is 0.341. The van der Waals surface area contributed by atoms with Gasteiger partial charge < -0.3 is 15.5 Å². The topological polar surface area (TPSA) is 32.5 Å². The van der Waals surface area contributed by atoms with Crippen LogP contribution in [0.1, 0.15) is 20.3 Å². The van der Waals surface area contributed by atoms with Gasteiger partial charge in [-0.3, -0.25) is 0 Å². The molecule has 0 spiro atoms. The zero-order valence-electron chi connectivity index (χ0n) is 11.9. The molecule has 0 aliphatic carbocycles. The Bertz CT molecular complexity index is 402. The number of rotatable bonds is 2.